The van der Waals surface area contributed by atoms with Crippen molar-refractivity contribution in [2.75, 3.05) is 13.2 Å². The smallest absolute Gasteiger partial charge is 0.341 e. The van der Waals surface area contributed by atoms with Crippen LogP contribution in [0.2, 0.25) is 0 Å². The lowest BCUT2D eigenvalue weighted by Crippen LogP contribution is -2.09. The summed E-state index contributed by atoms with van der Waals surface area (Å²) in [4.78, 5) is 21.3. The van der Waals surface area contributed by atoms with E-state index in [9.17, 15) is 9.59 Å². The molecule has 0 saturated carbocycles. The average Bonchev–Trinajstić information content (AvgIpc) is 2.44. The third-order valence-electron chi connectivity index (χ3n) is 2.67. The molecule has 5 nitrogen and oxygen atoms in total. The summed E-state index contributed by atoms with van der Waals surface area (Å²) in [5.74, 6) is -0.226. The molecule has 0 saturated heterocycles. The Bertz CT molecular complexity index is 442. The second-order valence-corrected chi connectivity index (χ2v) is 4.45. The van der Waals surface area contributed by atoms with E-state index in [1.54, 1.807) is 12.1 Å². The largest absolute Gasteiger partial charge is 0.493 e. The van der Waals surface area contributed by atoms with Gasteiger partial charge < -0.3 is 14.6 Å². The quantitative estimate of drug-likeness (QED) is 0.527. The zero-order chi connectivity index (χ0) is 14.8. The molecule has 0 aliphatic carbocycles. The van der Waals surface area contributed by atoms with Crippen LogP contribution in [0.5, 0.6) is 11.5 Å². The molecule has 0 aromatic heterocycles. The highest BCUT2D eigenvalue weighted by Crippen LogP contribution is 2.22. The Morgan fingerprint density at radius 1 is 1.15 bits per heavy atom. The molecule has 0 spiro atoms. The summed E-state index contributed by atoms with van der Waals surface area (Å²) < 4.78 is 10.6. The van der Waals surface area contributed by atoms with Gasteiger partial charge in [0, 0.05) is 11.6 Å². The van der Waals surface area contributed by atoms with E-state index in [1.165, 1.54) is 12.5 Å². The van der Waals surface area contributed by atoms with Gasteiger partial charge in [0.1, 0.15) is 17.8 Å². The van der Waals surface area contributed by atoms with Gasteiger partial charge in [-0.1, -0.05) is 26.2 Å². The predicted octanol–water partition coefficient (Wildman–Crippen LogP) is 2.92. The molecule has 1 aromatic carbocycles. The number of carbonyl (C=O) groups excluding carboxylic acids is 1. The van der Waals surface area contributed by atoms with E-state index in [0.29, 0.717) is 30.0 Å². The molecule has 0 amide bonds. The number of aliphatic carboxylic acids is 1. The summed E-state index contributed by atoms with van der Waals surface area (Å²) in [6.45, 7) is 2.26. The van der Waals surface area contributed by atoms with Crippen LogP contribution in [0.4, 0.5) is 0 Å². The van der Waals surface area contributed by atoms with Crippen molar-refractivity contribution in [1.82, 2.24) is 0 Å². The van der Waals surface area contributed by atoms with Crippen LogP contribution in [0, 0.1) is 0 Å². The maximum absolute atomic E-state index is 10.8. The Labute approximate surface area is 118 Å². The highest BCUT2D eigenvalue weighted by molar-refractivity contribution is 5.76. The van der Waals surface area contributed by atoms with Gasteiger partial charge in [-0.3, -0.25) is 4.79 Å². The first kappa shape index (κ1) is 16.0. The van der Waals surface area contributed by atoms with Gasteiger partial charge in [0.2, 0.25) is 0 Å². The second kappa shape index (κ2) is 8.96. The molecular weight excluding hydrogens is 260 g/mol. The molecule has 20 heavy (non-hydrogen) atoms. The van der Waals surface area contributed by atoms with E-state index in [0.717, 1.165) is 19.3 Å². The highest BCUT2D eigenvalue weighted by Gasteiger charge is 2.05. The fourth-order valence-corrected chi connectivity index (χ4v) is 1.69. The summed E-state index contributed by atoms with van der Waals surface area (Å²) in [5, 5.41) is 8.57. The topological polar surface area (TPSA) is 72.8 Å². The molecule has 5 heteroatoms. The van der Waals surface area contributed by atoms with Crippen molar-refractivity contribution in [3.8, 4) is 11.5 Å². The Hall–Kier alpha value is -2.04. The lowest BCUT2D eigenvalue weighted by molar-refractivity contribution is -0.139. The van der Waals surface area contributed by atoms with Gasteiger partial charge in [0.15, 0.2) is 6.61 Å². The van der Waals surface area contributed by atoms with Gasteiger partial charge in [-0.05, 0) is 18.6 Å². The van der Waals surface area contributed by atoms with Crippen LogP contribution >= 0.6 is 0 Å². The van der Waals surface area contributed by atoms with E-state index >= 15 is 0 Å². The SMILES string of the molecule is CCCCCCOc1cc(C=O)cc(OCC(=O)O)c1. The molecule has 0 radical (unpaired) electrons. The van der Waals surface area contributed by atoms with Crippen molar-refractivity contribution in [2.45, 2.75) is 32.6 Å². The summed E-state index contributed by atoms with van der Waals surface area (Å²) in [7, 11) is 0. The Morgan fingerprint density at radius 3 is 2.45 bits per heavy atom. The molecule has 1 N–H and O–H groups in total. The number of benzene rings is 1. The maximum atomic E-state index is 10.8. The van der Waals surface area contributed by atoms with Crippen molar-refractivity contribution in [2.24, 2.45) is 0 Å². The van der Waals surface area contributed by atoms with Gasteiger partial charge in [-0.25, -0.2) is 4.79 Å². The zero-order valence-electron chi connectivity index (χ0n) is 11.6. The van der Waals surface area contributed by atoms with E-state index in [4.69, 9.17) is 14.6 Å². The van der Waals surface area contributed by atoms with Crippen LogP contribution in [-0.2, 0) is 4.79 Å². The number of unbranched alkanes of at least 4 members (excludes halogenated alkanes) is 3. The summed E-state index contributed by atoms with van der Waals surface area (Å²) in [6.07, 6.45) is 5.06. The molecule has 0 heterocycles. The zero-order valence-corrected chi connectivity index (χ0v) is 11.6. The van der Waals surface area contributed by atoms with Crippen LogP contribution in [-0.4, -0.2) is 30.6 Å². The van der Waals surface area contributed by atoms with Crippen molar-refractivity contribution in [3.63, 3.8) is 0 Å². The Balaban J connectivity index is 2.57. The van der Waals surface area contributed by atoms with E-state index in [-0.39, 0.29) is 0 Å². The van der Waals surface area contributed by atoms with Crippen molar-refractivity contribution in [1.29, 1.82) is 0 Å². The molecule has 1 rings (SSSR count). The van der Waals surface area contributed by atoms with Gasteiger partial charge in [0.25, 0.3) is 0 Å². The second-order valence-electron chi connectivity index (χ2n) is 4.45. The van der Waals surface area contributed by atoms with Gasteiger partial charge in [-0.15, -0.1) is 0 Å². The van der Waals surface area contributed by atoms with E-state index < -0.39 is 12.6 Å². The fourth-order valence-electron chi connectivity index (χ4n) is 1.69. The predicted molar refractivity (Wildman–Crippen MR) is 74.6 cm³/mol. The number of hydrogen-bond acceptors (Lipinski definition) is 4. The number of carboxylic acid groups (broad SMARTS) is 1. The van der Waals surface area contributed by atoms with Crippen molar-refractivity contribution < 1.29 is 24.2 Å². The standard InChI is InChI=1S/C15H20O5/c1-2-3-4-5-6-19-13-7-12(10-16)8-14(9-13)20-11-15(17)18/h7-10H,2-6,11H2,1H3,(H,17,18). The van der Waals surface area contributed by atoms with E-state index in [1.807, 2.05) is 0 Å². The maximum Gasteiger partial charge on any atom is 0.341 e. The van der Waals surface area contributed by atoms with Crippen LogP contribution in [0.25, 0.3) is 0 Å². The number of rotatable bonds is 10. The summed E-state index contributed by atoms with van der Waals surface area (Å²) >= 11 is 0. The first-order chi connectivity index (χ1) is 9.65. The highest BCUT2D eigenvalue weighted by atomic mass is 16.5. The first-order valence-corrected chi connectivity index (χ1v) is 6.73. The van der Waals surface area contributed by atoms with Crippen LogP contribution in [0.3, 0.4) is 0 Å². The van der Waals surface area contributed by atoms with Crippen molar-refractivity contribution in [3.05, 3.63) is 23.8 Å². The average molecular weight is 280 g/mol. The Morgan fingerprint density at radius 2 is 1.85 bits per heavy atom. The number of ether oxygens (including phenoxy) is 2. The molecule has 110 valence electrons. The Kier molecular flexibility index (Phi) is 7.17. The molecule has 0 aliphatic heterocycles. The van der Waals surface area contributed by atoms with Crippen molar-refractivity contribution >= 4 is 12.3 Å². The van der Waals surface area contributed by atoms with Crippen LogP contribution in [0.1, 0.15) is 43.0 Å². The summed E-state index contributed by atoms with van der Waals surface area (Å²) in [5.41, 5.74) is 0.399. The fraction of sp³-hybridized carbons (Fsp3) is 0.467. The minimum atomic E-state index is -1.07. The molecule has 0 fully saturated rings. The molecule has 1 aromatic rings. The third-order valence-corrected chi connectivity index (χ3v) is 2.67. The minimum Gasteiger partial charge on any atom is -0.493 e. The molecular formula is C15H20O5. The number of hydrogen-bond donors (Lipinski definition) is 1. The number of aldehydes is 1. The normalized spacial score (nSPS) is 10.1. The monoisotopic (exact) mass is 280 g/mol. The lowest BCUT2D eigenvalue weighted by atomic mass is 10.2. The van der Waals surface area contributed by atoms with Gasteiger partial charge in [-0.2, -0.15) is 0 Å². The number of carboxylic acids is 1. The first-order valence-electron chi connectivity index (χ1n) is 6.73. The van der Waals surface area contributed by atoms with Crippen LogP contribution < -0.4 is 9.47 Å². The van der Waals surface area contributed by atoms with Gasteiger partial charge in [0.05, 0.1) is 6.61 Å². The molecule has 0 atom stereocenters. The molecule has 0 bridgehead atoms. The van der Waals surface area contributed by atoms with Crippen LogP contribution in [0.15, 0.2) is 18.2 Å². The molecule has 0 unspecified atom stereocenters. The number of carbonyl (C=O) groups is 2. The van der Waals surface area contributed by atoms with Gasteiger partial charge >= 0.3 is 5.97 Å². The minimum absolute atomic E-state index is 0.320. The molecule has 0 aliphatic rings. The van der Waals surface area contributed by atoms with E-state index in [2.05, 4.69) is 6.92 Å². The summed E-state index contributed by atoms with van der Waals surface area (Å²) in [6, 6.07) is 4.69. The lowest BCUT2D eigenvalue weighted by Gasteiger charge is -2.09. The third kappa shape index (κ3) is 6.22.